The molecule has 0 atom stereocenters. The van der Waals surface area contributed by atoms with Crippen molar-refractivity contribution in [3.05, 3.63) is 18.2 Å². The third-order valence-electron chi connectivity index (χ3n) is 2.89. The molecular weight excluding hydrogens is 370 g/mol. The SMILES string of the molecule is CC(=O)Nc1cc([As](=O)(O)O)ccc1O.O[B]ON1CCCC1. The second-order valence-corrected chi connectivity index (χ2v) is 8.14. The molecule has 23 heavy (non-hydrogen) atoms. The zero-order valence-electron chi connectivity index (χ0n) is 12.5. The molecule has 1 radical (unpaired) electrons. The molecule has 0 aromatic heterocycles. The molecule has 1 aliphatic heterocycles. The number of carbonyl (C=O) groups excluding carboxylic acids is 1. The first-order valence-electron chi connectivity index (χ1n) is 6.78. The Hall–Kier alpha value is -1.29. The van der Waals surface area contributed by atoms with E-state index in [0.717, 1.165) is 39.0 Å². The van der Waals surface area contributed by atoms with E-state index in [9.17, 15) is 13.6 Å². The monoisotopic (exact) mass is 389 g/mol. The zero-order chi connectivity index (χ0) is 17.5. The summed E-state index contributed by atoms with van der Waals surface area (Å²) in [5, 5.41) is 21.4. The average molecular weight is 389 g/mol. The average Bonchev–Trinajstić information content (AvgIpc) is 2.94. The minimum Gasteiger partial charge on any atom is -0.428 e. The van der Waals surface area contributed by atoms with Gasteiger partial charge in [-0.25, -0.2) is 5.06 Å². The molecule has 1 aromatic carbocycles. The summed E-state index contributed by atoms with van der Waals surface area (Å²) < 4.78 is 33.2. The Morgan fingerprint density at radius 1 is 1.35 bits per heavy atom. The molecule has 1 fully saturated rings. The number of hydroxylamine groups is 2. The van der Waals surface area contributed by atoms with E-state index < -0.39 is 20.1 Å². The van der Waals surface area contributed by atoms with Gasteiger partial charge < -0.3 is 9.78 Å². The summed E-state index contributed by atoms with van der Waals surface area (Å²) in [6, 6.07) is 3.32. The molecule has 2 rings (SSSR count). The van der Waals surface area contributed by atoms with Gasteiger partial charge in [0.2, 0.25) is 0 Å². The molecule has 1 aliphatic rings. The van der Waals surface area contributed by atoms with Gasteiger partial charge in [0.05, 0.1) is 0 Å². The normalized spacial score (nSPS) is 14.8. The number of benzene rings is 1. The van der Waals surface area contributed by atoms with Gasteiger partial charge in [-0.05, 0) is 12.8 Å². The van der Waals surface area contributed by atoms with Gasteiger partial charge in [0.15, 0.2) is 0 Å². The predicted molar refractivity (Wildman–Crippen MR) is 82.8 cm³/mol. The van der Waals surface area contributed by atoms with Gasteiger partial charge in [0.25, 0.3) is 0 Å². The number of phenols is 1. The standard InChI is InChI=1S/C8H10AsNO5.C4H9BNO2/c1-5(11)10-7-4-6(9(13,14)15)2-3-8(7)12;7-5-8-6-3-1-2-4-6/h2-4,12H,1H3,(H,10,11)(H2,13,14,15);7H,1-4H2. The van der Waals surface area contributed by atoms with Crippen molar-refractivity contribution in [2.24, 2.45) is 0 Å². The van der Waals surface area contributed by atoms with Crippen LogP contribution in [0.1, 0.15) is 19.8 Å². The van der Waals surface area contributed by atoms with E-state index in [1.807, 2.05) is 0 Å². The van der Waals surface area contributed by atoms with Crippen LogP contribution in [0.3, 0.4) is 0 Å². The summed E-state index contributed by atoms with van der Waals surface area (Å²) >= 11 is -4.98. The summed E-state index contributed by atoms with van der Waals surface area (Å²) in [6.07, 6.45) is 2.35. The molecule has 0 spiro atoms. The molecule has 1 heterocycles. The van der Waals surface area contributed by atoms with Crippen LogP contribution < -0.4 is 9.67 Å². The van der Waals surface area contributed by atoms with Crippen molar-refractivity contribution in [2.75, 3.05) is 18.4 Å². The molecule has 5 N–H and O–H groups in total. The minimum atomic E-state index is -4.98. The van der Waals surface area contributed by atoms with Crippen LogP contribution in [0.25, 0.3) is 0 Å². The maximum absolute atomic E-state index is 10.9. The Balaban J connectivity index is 0.000000277. The quantitative estimate of drug-likeness (QED) is 0.308. The van der Waals surface area contributed by atoms with Gasteiger partial charge in [0.1, 0.15) is 0 Å². The number of aromatic hydroxyl groups is 1. The van der Waals surface area contributed by atoms with Crippen molar-refractivity contribution >= 4 is 37.8 Å². The molecule has 1 saturated heterocycles. The fraction of sp³-hybridized carbons (Fsp3) is 0.417. The predicted octanol–water partition coefficient (Wildman–Crippen LogP) is -1.55. The fourth-order valence-corrected chi connectivity index (χ4v) is 3.04. The smallest absolute Gasteiger partial charge is 0.428 e. The Kier molecular flexibility index (Phi) is 7.83. The van der Waals surface area contributed by atoms with Crippen molar-refractivity contribution in [3.63, 3.8) is 0 Å². The third-order valence-corrected chi connectivity index (χ3v) is 4.88. The Morgan fingerprint density at radius 2 is 1.96 bits per heavy atom. The first-order valence-corrected chi connectivity index (χ1v) is 10.2. The first kappa shape index (κ1) is 19.8. The number of nitrogens with one attached hydrogen (secondary N) is 1. The fourth-order valence-electron chi connectivity index (χ4n) is 1.86. The minimum absolute atomic E-state index is 0.00951. The van der Waals surface area contributed by atoms with Crippen LogP contribution in [0.5, 0.6) is 5.75 Å². The van der Waals surface area contributed by atoms with Gasteiger partial charge in [-0.2, -0.15) is 0 Å². The summed E-state index contributed by atoms with van der Waals surface area (Å²) in [7, 11) is 0.728. The molecule has 11 heteroatoms. The summed E-state index contributed by atoms with van der Waals surface area (Å²) in [5.74, 6) is -0.668. The number of phenolic OH excluding ortho intramolecular Hbond substituents is 1. The summed E-state index contributed by atoms with van der Waals surface area (Å²) in [4.78, 5) is 10.7. The van der Waals surface area contributed by atoms with E-state index in [2.05, 4.69) is 10.1 Å². The number of carbonyl (C=O) groups is 1. The summed E-state index contributed by atoms with van der Waals surface area (Å²) in [5.41, 5.74) is -0.00951. The molecular formula is C12H19AsBN2O7. The largest absolute Gasteiger partial charge is 0.503 e. The zero-order valence-corrected chi connectivity index (χ0v) is 14.4. The molecule has 9 nitrogen and oxygen atoms in total. The van der Waals surface area contributed by atoms with Gasteiger partial charge in [-0.3, -0.25) is 0 Å². The van der Waals surface area contributed by atoms with Gasteiger partial charge in [-0.15, -0.1) is 0 Å². The maximum Gasteiger partial charge on any atom is 0.503 e. The van der Waals surface area contributed by atoms with Crippen LogP contribution in [0.4, 0.5) is 5.69 Å². The van der Waals surface area contributed by atoms with Crippen molar-refractivity contribution in [1.82, 2.24) is 5.06 Å². The number of amides is 1. The molecule has 1 amide bonds. The van der Waals surface area contributed by atoms with Crippen LogP contribution in [-0.4, -0.2) is 64.2 Å². The summed E-state index contributed by atoms with van der Waals surface area (Å²) in [6.45, 7) is 3.11. The van der Waals surface area contributed by atoms with Crippen molar-refractivity contribution in [1.29, 1.82) is 0 Å². The van der Waals surface area contributed by atoms with Crippen molar-refractivity contribution in [2.45, 2.75) is 19.8 Å². The number of anilines is 1. The van der Waals surface area contributed by atoms with Crippen LogP contribution in [0.15, 0.2) is 18.2 Å². The van der Waals surface area contributed by atoms with Crippen LogP contribution >= 0.6 is 0 Å². The topological polar surface area (TPSA) is 140 Å². The van der Waals surface area contributed by atoms with Gasteiger partial charge in [0, 0.05) is 13.1 Å². The van der Waals surface area contributed by atoms with E-state index in [-0.39, 0.29) is 15.8 Å². The number of rotatable bonds is 4. The van der Waals surface area contributed by atoms with E-state index in [4.69, 9.17) is 13.2 Å². The van der Waals surface area contributed by atoms with E-state index >= 15 is 0 Å². The Labute approximate surface area is 137 Å². The van der Waals surface area contributed by atoms with Crippen LogP contribution in [0, 0.1) is 0 Å². The van der Waals surface area contributed by atoms with Crippen molar-refractivity contribution < 1.29 is 31.6 Å². The van der Waals surface area contributed by atoms with E-state index in [1.54, 1.807) is 5.06 Å². The van der Waals surface area contributed by atoms with Crippen LogP contribution in [0.2, 0.25) is 0 Å². The molecule has 0 aliphatic carbocycles. The second kappa shape index (κ2) is 9.12. The Morgan fingerprint density at radius 3 is 2.43 bits per heavy atom. The number of nitrogens with zero attached hydrogens (tertiary/aromatic N) is 1. The molecule has 127 valence electrons. The van der Waals surface area contributed by atoms with Gasteiger partial charge >= 0.3 is 95.8 Å². The van der Waals surface area contributed by atoms with Crippen molar-refractivity contribution in [3.8, 4) is 5.75 Å². The number of hydrogen-bond donors (Lipinski definition) is 5. The molecule has 0 unspecified atom stereocenters. The molecule has 0 saturated carbocycles. The first-order chi connectivity index (χ1) is 10.7. The van der Waals surface area contributed by atoms with E-state index in [1.165, 1.54) is 19.8 Å². The Bertz CT molecular complexity index is 575. The number of hydrogen-bond acceptors (Lipinski definition) is 6. The van der Waals surface area contributed by atoms with Crippen LogP contribution in [-0.2, 0) is 13.3 Å². The molecule has 1 aromatic rings. The van der Waals surface area contributed by atoms with E-state index in [0.29, 0.717) is 0 Å². The van der Waals surface area contributed by atoms with Gasteiger partial charge in [-0.1, -0.05) is 0 Å². The maximum atomic E-state index is 10.9. The third kappa shape index (κ3) is 7.21. The second-order valence-electron chi connectivity index (χ2n) is 4.77. The molecule has 0 bridgehead atoms.